The van der Waals surface area contributed by atoms with Crippen LogP contribution in [0.1, 0.15) is 35.6 Å². The second kappa shape index (κ2) is 9.10. The number of benzene rings is 3. The van der Waals surface area contributed by atoms with Crippen LogP contribution in [0.4, 0.5) is 4.39 Å². The summed E-state index contributed by atoms with van der Waals surface area (Å²) in [4.78, 5) is 11.4. The molecule has 4 rings (SSSR count). The predicted octanol–water partition coefficient (Wildman–Crippen LogP) is 6.22. The van der Waals surface area contributed by atoms with Gasteiger partial charge >= 0.3 is 5.97 Å². The second-order valence-corrected chi connectivity index (χ2v) is 7.60. The zero-order chi connectivity index (χ0) is 22.7. The number of fused-ring (bicyclic) bond motifs is 1. The Kier molecular flexibility index (Phi) is 6.08. The lowest BCUT2D eigenvalue weighted by molar-refractivity contribution is -0.135. The maximum absolute atomic E-state index is 13.9. The van der Waals surface area contributed by atoms with Crippen molar-refractivity contribution >= 4 is 23.2 Å². The van der Waals surface area contributed by atoms with Crippen LogP contribution in [0.25, 0.3) is 17.2 Å². The largest absolute Gasteiger partial charge is 0.497 e. The molecule has 0 saturated heterocycles. The molecule has 0 spiro atoms. The number of allylic oxidation sites excluding steroid dienone is 2. The van der Waals surface area contributed by atoms with Crippen molar-refractivity contribution < 1.29 is 23.8 Å². The van der Waals surface area contributed by atoms with E-state index in [9.17, 15) is 14.3 Å². The van der Waals surface area contributed by atoms with Crippen molar-refractivity contribution in [3.63, 3.8) is 0 Å². The molecule has 1 N–H and O–H groups in total. The van der Waals surface area contributed by atoms with Crippen molar-refractivity contribution in [3.8, 4) is 11.5 Å². The van der Waals surface area contributed by atoms with Crippen LogP contribution in [0.5, 0.6) is 11.5 Å². The summed E-state index contributed by atoms with van der Waals surface area (Å²) < 4.78 is 25.4. The minimum absolute atomic E-state index is 0.167. The molecule has 3 aromatic rings. The Bertz CT molecular complexity index is 1230. The van der Waals surface area contributed by atoms with E-state index in [1.807, 2.05) is 61.5 Å². The monoisotopic (exact) mass is 430 g/mol. The van der Waals surface area contributed by atoms with Gasteiger partial charge in [-0.05, 0) is 70.7 Å². The van der Waals surface area contributed by atoms with E-state index in [1.54, 1.807) is 13.2 Å². The van der Waals surface area contributed by atoms with Crippen molar-refractivity contribution in [2.75, 3.05) is 7.11 Å². The van der Waals surface area contributed by atoms with Gasteiger partial charge in [0.25, 0.3) is 0 Å². The average molecular weight is 430 g/mol. The average Bonchev–Trinajstić information content (AvgIpc) is 3.03. The van der Waals surface area contributed by atoms with Gasteiger partial charge in [-0.1, -0.05) is 36.4 Å². The van der Waals surface area contributed by atoms with E-state index in [1.165, 1.54) is 12.1 Å². The number of rotatable bonds is 7. The van der Waals surface area contributed by atoms with Gasteiger partial charge < -0.3 is 14.6 Å². The fraction of sp³-hybridized carbons (Fsp3) is 0.148. The van der Waals surface area contributed by atoms with Crippen LogP contribution in [0.3, 0.4) is 0 Å². The van der Waals surface area contributed by atoms with Crippen LogP contribution in [0.2, 0.25) is 0 Å². The molecule has 0 radical (unpaired) electrons. The minimum atomic E-state index is -0.952. The number of carboxylic acids is 1. The van der Waals surface area contributed by atoms with E-state index in [4.69, 9.17) is 9.47 Å². The molecule has 0 atom stereocenters. The maximum Gasteiger partial charge on any atom is 0.307 e. The van der Waals surface area contributed by atoms with Gasteiger partial charge in [0.2, 0.25) is 0 Å². The highest BCUT2D eigenvalue weighted by molar-refractivity contribution is 6.07. The molecule has 0 saturated carbocycles. The molecule has 3 aromatic carbocycles. The van der Waals surface area contributed by atoms with Crippen molar-refractivity contribution in [3.05, 3.63) is 100 Å². The Morgan fingerprint density at radius 3 is 2.53 bits per heavy atom. The standard InChI is InChI=1S/C27H23FO4/c1-17-23(22-11-9-20(28)13-25(22)24(17)15-27(29)30)12-19-8-10-21(31-2)14-26(19)32-16-18-6-4-3-5-7-18/h3-14H,15-16H2,1-2H3,(H,29,30)/b23-12-. The Balaban J connectivity index is 1.77. The van der Waals surface area contributed by atoms with Crippen LogP contribution in [0, 0.1) is 5.82 Å². The fourth-order valence-electron chi connectivity index (χ4n) is 3.91. The van der Waals surface area contributed by atoms with Gasteiger partial charge in [0, 0.05) is 11.6 Å². The number of ether oxygens (including phenoxy) is 2. The molecule has 162 valence electrons. The molecule has 0 aliphatic heterocycles. The van der Waals surface area contributed by atoms with E-state index in [0.29, 0.717) is 29.2 Å². The number of methoxy groups -OCH3 is 1. The van der Waals surface area contributed by atoms with Crippen LogP contribution in [0.15, 0.2) is 72.3 Å². The lowest BCUT2D eigenvalue weighted by Gasteiger charge is -2.13. The number of halogens is 1. The van der Waals surface area contributed by atoms with Gasteiger partial charge in [-0.15, -0.1) is 0 Å². The molecule has 1 aliphatic carbocycles. The fourth-order valence-corrected chi connectivity index (χ4v) is 3.91. The van der Waals surface area contributed by atoms with E-state index in [-0.39, 0.29) is 6.42 Å². The van der Waals surface area contributed by atoms with Gasteiger partial charge in [-0.25, -0.2) is 4.39 Å². The van der Waals surface area contributed by atoms with E-state index >= 15 is 0 Å². The topological polar surface area (TPSA) is 55.8 Å². The number of aliphatic carboxylic acids is 1. The third kappa shape index (κ3) is 4.42. The van der Waals surface area contributed by atoms with Crippen molar-refractivity contribution in [2.24, 2.45) is 0 Å². The lowest BCUT2D eigenvalue weighted by atomic mass is 10.00. The second-order valence-electron chi connectivity index (χ2n) is 7.60. The number of hydrogen-bond donors (Lipinski definition) is 1. The molecular weight excluding hydrogens is 407 g/mol. The summed E-state index contributed by atoms with van der Waals surface area (Å²) in [6.07, 6.45) is 1.79. The van der Waals surface area contributed by atoms with Crippen LogP contribution >= 0.6 is 0 Å². The molecular formula is C27H23FO4. The first kappa shape index (κ1) is 21.4. The summed E-state index contributed by atoms with van der Waals surface area (Å²) in [6, 6.07) is 19.9. The number of hydrogen-bond acceptors (Lipinski definition) is 3. The van der Waals surface area contributed by atoms with Crippen LogP contribution in [-0.2, 0) is 11.4 Å². The first-order chi connectivity index (χ1) is 15.5. The molecule has 0 fully saturated rings. The van der Waals surface area contributed by atoms with Gasteiger partial charge in [0.15, 0.2) is 0 Å². The summed E-state index contributed by atoms with van der Waals surface area (Å²) >= 11 is 0. The van der Waals surface area contributed by atoms with E-state index in [0.717, 1.165) is 27.8 Å². The third-order valence-electron chi connectivity index (χ3n) is 5.54. The van der Waals surface area contributed by atoms with Crippen molar-refractivity contribution in [1.29, 1.82) is 0 Å². The molecule has 32 heavy (non-hydrogen) atoms. The highest BCUT2D eigenvalue weighted by atomic mass is 19.1. The Hall–Kier alpha value is -3.86. The van der Waals surface area contributed by atoms with Crippen LogP contribution in [-0.4, -0.2) is 18.2 Å². The van der Waals surface area contributed by atoms with Crippen molar-refractivity contribution in [2.45, 2.75) is 20.0 Å². The van der Waals surface area contributed by atoms with Crippen molar-refractivity contribution in [1.82, 2.24) is 0 Å². The Labute approximate surface area is 186 Å². The summed E-state index contributed by atoms with van der Waals surface area (Å²) in [5.74, 6) is -0.0315. The molecule has 1 aliphatic rings. The molecule has 0 heterocycles. The highest BCUT2D eigenvalue weighted by Crippen LogP contribution is 2.44. The molecule has 0 bridgehead atoms. The summed E-state index contributed by atoms with van der Waals surface area (Å²) in [7, 11) is 1.60. The molecule has 0 amide bonds. The van der Waals surface area contributed by atoms with E-state index < -0.39 is 11.8 Å². The maximum atomic E-state index is 13.9. The lowest BCUT2D eigenvalue weighted by Crippen LogP contribution is -1.98. The zero-order valence-electron chi connectivity index (χ0n) is 17.9. The summed E-state index contributed by atoms with van der Waals surface area (Å²) in [6.45, 7) is 2.26. The minimum Gasteiger partial charge on any atom is -0.497 e. The molecule has 4 nitrogen and oxygen atoms in total. The quantitative estimate of drug-likeness (QED) is 0.484. The first-order valence-electron chi connectivity index (χ1n) is 10.2. The van der Waals surface area contributed by atoms with Gasteiger partial charge in [-0.3, -0.25) is 4.79 Å². The van der Waals surface area contributed by atoms with Gasteiger partial charge in [0.1, 0.15) is 23.9 Å². The Morgan fingerprint density at radius 2 is 1.81 bits per heavy atom. The van der Waals surface area contributed by atoms with Gasteiger partial charge in [-0.2, -0.15) is 0 Å². The predicted molar refractivity (Wildman–Crippen MR) is 123 cm³/mol. The first-order valence-corrected chi connectivity index (χ1v) is 10.2. The smallest absolute Gasteiger partial charge is 0.307 e. The third-order valence-corrected chi connectivity index (χ3v) is 5.54. The molecule has 0 unspecified atom stereocenters. The zero-order valence-corrected chi connectivity index (χ0v) is 17.9. The normalized spacial score (nSPS) is 13.9. The van der Waals surface area contributed by atoms with E-state index in [2.05, 4.69) is 0 Å². The highest BCUT2D eigenvalue weighted by Gasteiger charge is 2.26. The summed E-state index contributed by atoms with van der Waals surface area (Å²) in [5, 5.41) is 9.36. The number of carbonyl (C=O) groups is 1. The SMILES string of the molecule is COc1ccc(/C=C2/C(C)=C(CC(=O)O)c3cc(F)ccc32)c(OCc2ccccc2)c1. The Morgan fingerprint density at radius 1 is 1.03 bits per heavy atom. The van der Waals surface area contributed by atoms with Gasteiger partial charge in [0.05, 0.1) is 13.5 Å². The number of carboxylic acid groups (broad SMARTS) is 1. The van der Waals surface area contributed by atoms with Crippen LogP contribution < -0.4 is 9.47 Å². The summed E-state index contributed by atoms with van der Waals surface area (Å²) in [5.41, 5.74) is 5.59. The molecule has 0 aromatic heterocycles. The molecule has 5 heteroatoms.